The van der Waals surface area contributed by atoms with Crippen molar-refractivity contribution < 1.29 is 17.6 Å². The highest BCUT2D eigenvalue weighted by molar-refractivity contribution is 7.98. The van der Waals surface area contributed by atoms with Gasteiger partial charge in [-0.05, 0) is 6.92 Å². The van der Waals surface area contributed by atoms with Crippen molar-refractivity contribution in [2.24, 2.45) is 0 Å². The van der Waals surface area contributed by atoms with E-state index in [0.717, 1.165) is 18.7 Å². The minimum atomic E-state index is -1.35. The fourth-order valence-electron chi connectivity index (χ4n) is 1.13. The van der Waals surface area contributed by atoms with Crippen LogP contribution in [0.1, 0.15) is 11.1 Å². The van der Waals surface area contributed by atoms with Crippen LogP contribution in [0.2, 0.25) is 0 Å². The van der Waals surface area contributed by atoms with Gasteiger partial charge in [-0.3, -0.25) is 0 Å². The van der Waals surface area contributed by atoms with E-state index < -0.39 is 34.4 Å². The molecule has 0 aromatic heterocycles. The highest BCUT2D eigenvalue weighted by Crippen LogP contribution is 2.26. The molecule has 0 aliphatic carbocycles. The van der Waals surface area contributed by atoms with Crippen molar-refractivity contribution in [2.45, 2.75) is 12.7 Å². The Morgan fingerprint density at radius 2 is 1.56 bits per heavy atom. The summed E-state index contributed by atoms with van der Waals surface area (Å²) in [4.78, 5) is 0. The summed E-state index contributed by atoms with van der Waals surface area (Å²) >= 11 is 1.01. The van der Waals surface area contributed by atoms with Gasteiger partial charge in [0.15, 0.2) is 23.3 Å². The van der Waals surface area contributed by atoms with Gasteiger partial charge in [0.25, 0.3) is 0 Å². The van der Waals surface area contributed by atoms with Crippen LogP contribution in [0.3, 0.4) is 0 Å². The Morgan fingerprint density at radius 3 is 2.00 bits per heavy atom. The van der Waals surface area contributed by atoms with E-state index in [-0.39, 0.29) is 11.5 Å². The van der Waals surface area contributed by atoms with Crippen LogP contribution in [0.4, 0.5) is 17.6 Å². The van der Waals surface area contributed by atoms with Crippen molar-refractivity contribution in [2.75, 3.05) is 5.75 Å². The molecule has 1 rings (SSSR count). The molecule has 1 aromatic rings. The van der Waals surface area contributed by atoms with Crippen LogP contribution in [0, 0.1) is 42.5 Å². The minimum Gasteiger partial charge on any atom is -0.203 e. The van der Waals surface area contributed by atoms with E-state index in [4.69, 9.17) is 6.42 Å². The molecule has 0 unspecified atom stereocenters. The zero-order chi connectivity index (χ0) is 12.3. The van der Waals surface area contributed by atoms with Crippen LogP contribution in [-0.4, -0.2) is 5.75 Å². The first-order valence-corrected chi connectivity index (χ1v) is 5.48. The van der Waals surface area contributed by atoms with E-state index in [9.17, 15) is 17.6 Å². The van der Waals surface area contributed by atoms with Crippen molar-refractivity contribution in [3.63, 3.8) is 0 Å². The van der Waals surface area contributed by atoms with Gasteiger partial charge in [0.05, 0.1) is 5.75 Å². The van der Waals surface area contributed by atoms with Gasteiger partial charge in [0.1, 0.15) is 0 Å². The summed E-state index contributed by atoms with van der Waals surface area (Å²) in [5.74, 6) is -3.13. The van der Waals surface area contributed by atoms with E-state index in [2.05, 4.69) is 5.92 Å². The summed E-state index contributed by atoms with van der Waals surface area (Å²) in [7, 11) is 0. The summed E-state index contributed by atoms with van der Waals surface area (Å²) in [6.45, 7) is 0.981. The number of rotatable bonds is 3. The summed E-state index contributed by atoms with van der Waals surface area (Å²) in [5, 5.41) is 0. The molecule has 0 fully saturated rings. The normalized spacial score (nSPS) is 10.2. The number of terminal acetylenes is 1. The van der Waals surface area contributed by atoms with Gasteiger partial charge in [0.2, 0.25) is 0 Å². The van der Waals surface area contributed by atoms with E-state index in [1.807, 2.05) is 0 Å². The molecule has 0 saturated carbocycles. The first-order chi connectivity index (χ1) is 7.50. The minimum absolute atomic E-state index is 0.198. The molecule has 0 nitrogen and oxygen atoms in total. The van der Waals surface area contributed by atoms with Crippen LogP contribution in [0.15, 0.2) is 0 Å². The largest absolute Gasteiger partial charge is 0.203 e. The summed E-state index contributed by atoms with van der Waals surface area (Å²) in [6, 6.07) is 0. The average Bonchev–Trinajstić information content (AvgIpc) is 2.28. The third-order valence-corrected chi connectivity index (χ3v) is 2.87. The van der Waals surface area contributed by atoms with Crippen molar-refractivity contribution in [1.29, 1.82) is 0 Å². The van der Waals surface area contributed by atoms with Gasteiger partial charge >= 0.3 is 0 Å². The molecule has 16 heavy (non-hydrogen) atoms. The second-order valence-corrected chi connectivity index (χ2v) is 4.04. The highest BCUT2D eigenvalue weighted by Gasteiger charge is 2.22. The SMILES string of the molecule is C#CCSCc1c(F)c(F)c(C)c(F)c1F. The Labute approximate surface area is 95.0 Å². The smallest absolute Gasteiger partial charge is 0.166 e. The Balaban J connectivity index is 3.14. The van der Waals surface area contributed by atoms with Crippen molar-refractivity contribution in [3.05, 3.63) is 34.4 Å². The molecule has 5 heteroatoms. The Morgan fingerprint density at radius 1 is 1.06 bits per heavy atom. The molecule has 0 amide bonds. The number of hydrogen-bond acceptors (Lipinski definition) is 1. The Hall–Kier alpha value is -1.15. The fourth-order valence-corrected chi connectivity index (χ4v) is 1.80. The fraction of sp³-hybridized carbons (Fsp3) is 0.273. The van der Waals surface area contributed by atoms with Crippen LogP contribution in [-0.2, 0) is 5.75 Å². The van der Waals surface area contributed by atoms with Crippen LogP contribution >= 0.6 is 11.8 Å². The Bertz CT molecular complexity index is 419. The number of hydrogen-bond donors (Lipinski definition) is 0. The Kier molecular flexibility index (Phi) is 4.25. The van der Waals surface area contributed by atoms with Gasteiger partial charge in [-0.25, -0.2) is 17.6 Å². The van der Waals surface area contributed by atoms with Crippen molar-refractivity contribution in [1.82, 2.24) is 0 Å². The van der Waals surface area contributed by atoms with E-state index >= 15 is 0 Å². The second-order valence-electron chi connectivity index (χ2n) is 3.06. The van der Waals surface area contributed by atoms with Crippen LogP contribution < -0.4 is 0 Å². The summed E-state index contributed by atoms with van der Waals surface area (Å²) in [5.41, 5.74) is -1.26. The molecule has 0 saturated heterocycles. The lowest BCUT2D eigenvalue weighted by Crippen LogP contribution is -2.05. The third kappa shape index (κ3) is 2.33. The molecular weight excluding hydrogens is 240 g/mol. The lowest BCUT2D eigenvalue weighted by atomic mass is 10.1. The van der Waals surface area contributed by atoms with Crippen molar-refractivity contribution in [3.8, 4) is 12.3 Å². The third-order valence-electron chi connectivity index (χ3n) is 2.01. The first-order valence-electron chi connectivity index (χ1n) is 4.33. The maximum absolute atomic E-state index is 13.3. The van der Waals surface area contributed by atoms with Crippen LogP contribution in [0.5, 0.6) is 0 Å². The van der Waals surface area contributed by atoms with E-state index in [1.165, 1.54) is 0 Å². The molecule has 0 spiro atoms. The maximum atomic E-state index is 13.3. The molecule has 0 N–H and O–H groups in total. The summed E-state index contributed by atoms with van der Waals surface area (Å²) in [6.07, 6.45) is 4.95. The first kappa shape index (κ1) is 12.9. The van der Waals surface area contributed by atoms with E-state index in [1.54, 1.807) is 0 Å². The molecule has 0 heterocycles. The van der Waals surface area contributed by atoms with Gasteiger partial charge in [0, 0.05) is 16.9 Å². The molecule has 0 atom stereocenters. The molecule has 86 valence electrons. The van der Waals surface area contributed by atoms with Gasteiger partial charge in [-0.1, -0.05) is 5.92 Å². The van der Waals surface area contributed by atoms with Gasteiger partial charge in [-0.15, -0.1) is 18.2 Å². The predicted octanol–water partition coefficient (Wildman–Crippen LogP) is 3.42. The molecular formula is C11H8F4S. The van der Waals surface area contributed by atoms with Gasteiger partial charge < -0.3 is 0 Å². The lowest BCUT2D eigenvalue weighted by molar-refractivity contribution is 0.435. The van der Waals surface area contributed by atoms with Crippen LogP contribution in [0.25, 0.3) is 0 Å². The standard InChI is InChI=1S/C11H8F4S/c1-3-4-16-5-7-10(14)8(12)6(2)9(13)11(7)15/h1H,4-5H2,2H3. The zero-order valence-corrected chi connectivity index (χ0v) is 9.23. The number of benzene rings is 1. The monoisotopic (exact) mass is 248 g/mol. The topological polar surface area (TPSA) is 0 Å². The zero-order valence-electron chi connectivity index (χ0n) is 8.41. The predicted molar refractivity (Wildman–Crippen MR) is 56.0 cm³/mol. The number of thioether (sulfide) groups is 1. The quantitative estimate of drug-likeness (QED) is 0.342. The molecule has 0 aliphatic rings. The molecule has 0 radical (unpaired) electrons. The van der Waals surface area contributed by atoms with Gasteiger partial charge in [-0.2, -0.15) is 0 Å². The summed E-state index contributed by atoms with van der Waals surface area (Å²) < 4.78 is 52.8. The molecule has 0 aliphatic heterocycles. The average molecular weight is 248 g/mol. The highest BCUT2D eigenvalue weighted by atomic mass is 32.2. The van der Waals surface area contributed by atoms with E-state index in [0.29, 0.717) is 0 Å². The lowest BCUT2D eigenvalue weighted by Gasteiger charge is -2.08. The maximum Gasteiger partial charge on any atom is 0.166 e. The molecule has 1 aromatic carbocycles. The molecule has 0 bridgehead atoms. The number of halogens is 4. The second kappa shape index (κ2) is 5.26. The van der Waals surface area contributed by atoms with Crippen molar-refractivity contribution >= 4 is 11.8 Å².